The van der Waals surface area contributed by atoms with Crippen LogP contribution in [0, 0.1) is 0 Å². The minimum absolute atomic E-state index is 0.0701. The van der Waals surface area contributed by atoms with Crippen LogP contribution in [0.3, 0.4) is 0 Å². The third kappa shape index (κ3) is 6.98. The fraction of sp³-hybridized carbons (Fsp3) is 0.571. The number of allylic oxidation sites excluding steroid dienone is 2. The summed E-state index contributed by atoms with van der Waals surface area (Å²) in [5, 5.41) is 3.30. The van der Waals surface area contributed by atoms with Crippen molar-refractivity contribution < 1.29 is 34.8 Å². The van der Waals surface area contributed by atoms with E-state index in [-0.39, 0.29) is 28.7 Å². The Morgan fingerprint density at radius 3 is 1.59 bits per heavy atom. The van der Waals surface area contributed by atoms with Gasteiger partial charge < -0.3 is 0 Å². The van der Waals surface area contributed by atoms with Crippen molar-refractivity contribution in [2.45, 2.75) is 83.5 Å². The minimum Gasteiger partial charge on any atom is -0.200 e. The Morgan fingerprint density at radius 1 is 0.875 bits per heavy atom. The average molecular weight is 487 g/mol. The van der Waals surface area contributed by atoms with Crippen molar-refractivity contribution in [3.63, 3.8) is 0 Å². The van der Waals surface area contributed by atoms with Crippen LogP contribution in [0.5, 0.6) is 0 Å². The number of nitrogens with one attached hydrogen (secondary N) is 1. The molecule has 11 heteroatoms. The fourth-order valence-corrected chi connectivity index (χ4v) is 4.51. The highest BCUT2D eigenvalue weighted by Gasteiger charge is 2.50. The zero-order chi connectivity index (χ0) is 25.2. The molecular weight excluding hydrogens is 458 g/mol. The van der Waals surface area contributed by atoms with Gasteiger partial charge in [0.05, 0.1) is 10.6 Å². The van der Waals surface area contributed by atoms with E-state index in [0.717, 1.165) is 12.5 Å². The number of alkyl halides is 6. The maximum absolute atomic E-state index is 13.1. The summed E-state index contributed by atoms with van der Waals surface area (Å²) in [5.41, 5.74) is -1.69. The number of hydrogen-bond donors (Lipinski definition) is 1. The van der Waals surface area contributed by atoms with Crippen molar-refractivity contribution in [3.05, 3.63) is 40.5 Å². The Labute approximate surface area is 184 Å². The molecule has 0 bridgehead atoms. The van der Waals surface area contributed by atoms with Gasteiger partial charge in [0.25, 0.3) is 10.0 Å². The predicted molar refractivity (Wildman–Crippen MR) is 112 cm³/mol. The molecule has 0 unspecified atom stereocenters. The highest BCUT2D eigenvalue weighted by atomic mass is 32.2. The molecule has 1 aromatic carbocycles. The molecule has 1 N–H and O–H groups in total. The van der Waals surface area contributed by atoms with Gasteiger partial charge in [-0.3, -0.25) is 0 Å². The second kappa shape index (κ2) is 9.84. The first-order valence-corrected chi connectivity index (χ1v) is 11.4. The Balaban J connectivity index is 3.60. The first-order chi connectivity index (χ1) is 14.3. The molecule has 0 aromatic heterocycles. The highest BCUT2D eigenvalue weighted by Crippen LogP contribution is 2.38. The maximum atomic E-state index is 13.1. The van der Waals surface area contributed by atoms with E-state index in [1.165, 1.54) is 0 Å². The molecule has 0 heterocycles. The summed E-state index contributed by atoms with van der Waals surface area (Å²) in [7, 11) is -4.39. The van der Waals surface area contributed by atoms with E-state index < -0.39 is 33.7 Å². The summed E-state index contributed by atoms with van der Waals surface area (Å²) in [6.45, 7) is 11.9. The van der Waals surface area contributed by atoms with Crippen LogP contribution in [0.15, 0.2) is 33.8 Å². The molecule has 0 saturated carbocycles. The minimum atomic E-state index is -5.67. The molecule has 0 atom stereocenters. The molecule has 182 valence electrons. The summed E-state index contributed by atoms with van der Waals surface area (Å²) in [6, 6.07) is 3.50. The fourth-order valence-electron chi connectivity index (χ4n) is 2.94. The van der Waals surface area contributed by atoms with Crippen molar-refractivity contribution >= 4 is 15.7 Å². The normalized spacial score (nSPS) is 13.8. The lowest BCUT2D eigenvalue weighted by atomic mass is 9.89. The number of hydrogen-bond acceptors (Lipinski definition) is 3. The van der Waals surface area contributed by atoms with Crippen molar-refractivity contribution in [1.29, 1.82) is 0 Å². The van der Waals surface area contributed by atoms with Gasteiger partial charge in [0, 0.05) is 0 Å². The number of hydrazone groups is 1. The van der Waals surface area contributed by atoms with Gasteiger partial charge in [-0.2, -0.15) is 44.7 Å². The molecular formula is C21H28F6N2O2S. The van der Waals surface area contributed by atoms with Gasteiger partial charge in [-0.25, -0.2) is 0 Å². The molecule has 0 aliphatic heterocycles. The third-order valence-corrected chi connectivity index (χ3v) is 5.99. The number of benzene rings is 1. The molecule has 4 nitrogen and oxygen atoms in total. The van der Waals surface area contributed by atoms with E-state index >= 15 is 0 Å². The first kappa shape index (κ1) is 28.0. The summed E-state index contributed by atoms with van der Waals surface area (Å²) in [6.07, 6.45) is -11.6. The van der Waals surface area contributed by atoms with E-state index in [0.29, 0.717) is 11.1 Å². The van der Waals surface area contributed by atoms with Crippen LogP contribution >= 0.6 is 0 Å². The van der Waals surface area contributed by atoms with Gasteiger partial charge in [-0.1, -0.05) is 53.7 Å². The Bertz CT molecular complexity index is 944. The molecule has 0 aliphatic rings. The van der Waals surface area contributed by atoms with Gasteiger partial charge in [0.15, 0.2) is 0 Å². The zero-order valence-corrected chi connectivity index (χ0v) is 19.7. The SMILES string of the molecule is C/C(C=C(C(F)(F)F)C(F)(F)F)=N\NS(=O)(=O)c1c(C(C)C)cc(C(C)C)cc1C(C)C. The lowest BCUT2D eigenvalue weighted by molar-refractivity contribution is -0.171. The molecule has 0 amide bonds. The van der Waals surface area contributed by atoms with Gasteiger partial charge >= 0.3 is 12.4 Å². The van der Waals surface area contributed by atoms with Crippen LogP contribution in [-0.2, 0) is 10.0 Å². The van der Waals surface area contributed by atoms with Crippen LogP contribution < -0.4 is 4.83 Å². The monoisotopic (exact) mass is 486 g/mol. The number of rotatable bonds is 7. The molecule has 32 heavy (non-hydrogen) atoms. The third-order valence-electron chi connectivity index (χ3n) is 4.65. The molecule has 0 spiro atoms. The van der Waals surface area contributed by atoms with E-state index in [1.54, 1.807) is 44.7 Å². The molecule has 0 saturated heterocycles. The Morgan fingerprint density at radius 2 is 1.28 bits per heavy atom. The van der Waals surface area contributed by atoms with E-state index in [2.05, 4.69) is 5.10 Å². The van der Waals surface area contributed by atoms with Gasteiger partial charge in [-0.15, -0.1) is 0 Å². The second-order valence-corrected chi connectivity index (χ2v) is 9.99. The first-order valence-electron chi connectivity index (χ1n) is 9.88. The molecule has 0 radical (unpaired) electrons. The lowest BCUT2D eigenvalue weighted by Gasteiger charge is -2.22. The van der Waals surface area contributed by atoms with Crippen LogP contribution in [0.1, 0.15) is 82.9 Å². The summed E-state index contributed by atoms with van der Waals surface area (Å²) in [5.74, 6) is -0.321. The summed E-state index contributed by atoms with van der Waals surface area (Å²) in [4.78, 5) is 1.73. The lowest BCUT2D eigenvalue weighted by Crippen LogP contribution is -2.27. The quantitative estimate of drug-likeness (QED) is 0.263. The van der Waals surface area contributed by atoms with E-state index in [4.69, 9.17) is 0 Å². The number of sulfonamides is 1. The van der Waals surface area contributed by atoms with Gasteiger partial charge in [-0.05, 0) is 47.4 Å². The van der Waals surface area contributed by atoms with Gasteiger partial charge in [0.2, 0.25) is 0 Å². The standard InChI is InChI=1S/C21H28F6N2O2S/c1-11(2)15-9-16(12(3)4)19(17(10-15)13(5)6)32(30,31)29-28-14(7)8-18(20(22,23)24)21(25,26)27/h8-13,29H,1-7H3/b28-14+. The smallest absolute Gasteiger partial charge is 0.200 e. The number of nitrogens with zero attached hydrogens (tertiary/aromatic N) is 1. The molecule has 1 rings (SSSR count). The Kier molecular flexibility index (Phi) is 8.61. The maximum Gasteiger partial charge on any atom is 0.421 e. The largest absolute Gasteiger partial charge is 0.421 e. The second-order valence-electron chi connectivity index (χ2n) is 8.39. The molecule has 0 aliphatic carbocycles. The van der Waals surface area contributed by atoms with Crippen LogP contribution in [0.25, 0.3) is 0 Å². The van der Waals surface area contributed by atoms with E-state index in [1.807, 2.05) is 13.8 Å². The van der Waals surface area contributed by atoms with Crippen LogP contribution in [0.4, 0.5) is 26.3 Å². The predicted octanol–water partition coefficient (Wildman–Crippen LogP) is 6.76. The highest BCUT2D eigenvalue weighted by molar-refractivity contribution is 7.89. The number of halogens is 6. The molecule has 0 fully saturated rings. The average Bonchev–Trinajstić information content (AvgIpc) is 2.61. The van der Waals surface area contributed by atoms with E-state index in [9.17, 15) is 34.8 Å². The van der Waals surface area contributed by atoms with Crippen LogP contribution in [-0.4, -0.2) is 26.5 Å². The van der Waals surface area contributed by atoms with Gasteiger partial charge in [0.1, 0.15) is 5.57 Å². The van der Waals surface area contributed by atoms with Crippen molar-refractivity contribution in [3.8, 4) is 0 Å². The Hall–Kier alpha value is -2.04. The van der Waals surface area contributed by atoms with Crippen LogP contribution in [0.2, 0.25) is 0 Å². The summed E-state index contributed by atoms with van der Waals surface area (Å²) < 4.78 is 102. The topological polar surface area (TPSA) is 58.5 Å². The van der Waals surface area contributed by atoms with Crippen molar-refractivity contribution in [2.75, 3.05) is 0 Å². The van der Waals surface area contributed by atoms with Crippen molar-refractivity contribution in [1.82, 2.24) is 4.83 Å². The molecule has 1 aromatic rings. The summed E-state index contributed by atoms with van der Waals surface area (Å²) >= 11 is 0. The zero-order valence-electron chi connectivity index (χ0n) is 18.9. The van der Waals surface area contributed by atoms with Crippen molar-refractivity contribution in [2.24, 2.45) is 5.10 Å².